The maximum absolute atomic E-state index is 10.6. The Kier molecular flexibility index (Phi) is 3.17. The van der Waals surface area contributed by atoms with E-state index in [1.165, 1.54) is 5.56 Å². The van der Waals surface area contributed by atoms with E-state index in [-0.39, 0.29) is 0 Å². The largest absolute Gasteiger partial charge is 0.497 e. The quantitative estimate of drug-likeness (QED) is 0.811. The van der Waals surface area contributed by atoms with Crippen molar-refractivity contribution >= 4 is 0 Å². The van der Waals surface area contributed by atoms with E-state index in [2.05, 4.69) is 5.32 Å². The summed E-state index contributed by atoms with van der Waals surface area (Å²) >= 11 is 0. The second kappa shape index (κ2) is 4.44. The average Bonchev–Trinajstić information content (AvgIpc) is 2.29. The molecule has 2 rings (SSSR count). The van der Waals surface area contributed by atoms with Crippen molar-refractivity contribution in [3.63, 3.8) is 0 Å². The van der Waals surface area contributed by atoms with E-state index < -0.39 is 5.60 Å². The Bertz CT molecular complexity index is 378. The van der Waals surface area contributed by atoms with Crippen molar-refractivity contribution in [1.29, 1.82) is 0 Å². The fraction of sp³-hybridized carbons (Fsp3) is 0.538. The molecule has 0 amide bonds. The highest BCUT2D eigenvalue weighted by atomic mass is 16.5. The molecule has 0 radical (unpaired) electrons. The van der Waals surface area contributed by atoms with Gasteiger partial charge >= 0.3 is 0 Å². The lowest BCUT2D eigenvalue weighted by molar-refractivity contribution is 0.0210. The molecule has 0 saturated heterocycles. The molecule has 0 spiro atoms. The van der Waals surface area contributed by atoms with Gasteiger partial charge in [-0.15, -0.1) is 0 Å². The van der Waals surface area contributed by atoms with Gasteiger partial charge in [-0.05, 0) is 49.6 Å². The molecule has 0 heterocycles. The molecule has 88 valence electrons. The summed E-state index contributed by atoms with van der Waals surface area (Å²) in [6.07, 6.45) is 2.88. The van der Waals surface area contributed by atoms with Crippen LogP contribution in [0.5, 0.6) is 5.75 Å². The number of aryl methyl sites for hydroxylation is 1. The van der Waals surface area contributed by atoms with Crippen LogP contribution in [-0.2, 0) is 12.0 Å². The van der Waals surface area contributed by atoms with Gasteiger partial charge in [-0.3, -0.25) is 0 Å². The molecule has 1 atom stereocenters. The molecule has 16 heavy (non-hydrogen) atoms. The molecule has 0 saturated carbocycles. The molecular formula is C13H19NO2. The molecule has 2 N–H and O–H groups in total. The number of nitrogens with one attached hydrogen (secondary N) is 1. The van der Waals surface area contributed by atoms with Gasteiger partial charge in [0, 0.05) is 6.54 Å². The molecule has 1 aliphatic rings. The van der Waals surface area contributed by atoms with Crippen LogP contribution in [0.3, 0.4) is 0 Å². The molecule has 1 aromatic rings. The normalized spacial score (nSPS) is 23.9. The Morgan fingerprint density at radius 1 is 1.50 bits per heavy atom. The van der Waals surface area contributed by atoms with Crippen molar-refractivity contribution in [3.05, 3.63) is 29.3 Å². The highest BCUT2D eigenvalue weighted by Gasteiger charge is 2.33. The minimum absolute atomic E-state index is 0.604. The van der Waals surface area contributed by atoms with Crippen molar-refractivity contribution in [2.75, 3.05) is 20.7 Å². The first-order chi connectivity index (χ1) is 7.69. The monoisotopic (exact) mass is 221 g/mol. The Balaban J connectivity index is 2.39. The maximum atomic E-state index is 10.6. The van der Waals surface area contributed by atoms with E-state index in [9.17, 15) is 5.11 Å². The molecule has 3 heteroatoms. The van der Waals surface area contributed by atoms with E-state index in [1.54, 1.807) is 7.11 Å². The summed E-state index contributed by atoms with van der Waals surface area (Å²) in [5.41, 5.74) is 1.55. The van der Waals surface area contributed by atoms with Gasteiger partial charge in [0.1, 0.15) is 11.4 Å². The van der Waals surface area contributed by atoms with Gasteiger partial charge in [0.05, 0.1) is 7.11 Å². The minimum Gasteiger partial charge on any atom is -0.497 e. The molecular weight excluding hydrogens is 202 g/mol. The Morgan fingerprint density at radius 2 is 2.31 bits per heavy atom. The van der Waals surface area contributed by atoms with Gasteiger partial charge in [0.25, 0.3) is 0 Å². The number of fused-ring (bicyclic) bond motifs is 1. The second-order valence-corrected chi connectivity index (χ2v) is 4.44. The molecule has 3 nitrogen and oxygen atoms in total. The van der Waals surface area contributed by atoms with Gasteiger partial charge < -0.3 is 15.2 Å². The molecule has 1 aliphatic carbocycles. The fourth-order valence-electron chi connectivity index (χ4n) is 2.54. The first-order valence-corrected chi connectivity index (χ1v) is 5.74. The van der Waals surface area contributed by atoms with Crippen LogP contribution in [0.25, 0.3) is 0 Å². The average molecular weight is 221 g/mol. The number of ether oxygens (including phenoxy) is 1. The first-order valence-electron chi connectivity index (χ1n) is 5.74. The van der Waals surface area contributed by atoms with Crippen molar-refractivity contribution in [2.24, 2.45) is 0 Å². The van der Waals surface area contributed by atoms with Crippen LogP contribution in [0, 0.1) is 0 Å². The smallest absolute Gasteiger partial charge is 0.119 e. The lowest BCUT2D eigenvalue weighted by Crippen LogP contribution is -2.39. The van der Waals surface area contributed by atoms with Gasteiger partial charge in [0.15, 0.2) is 0 Å². The summed E-state index contributed by atoms with van der Waals surface area (Å²) in [7, 11) is 3.54. The molecule has 0 aliphatic heterocycles. The van der Waals surface area contributed by atoms with Crippen LogP contribution in [0.4, 0.5) is 0 Å². The molecule has 1 unspecified atom stereocenters. The van der Waals surface area contributed by atoms with Crippen LogP contribution in [0.15, 0.2) is 18.2 Å². The maximum Gasteiger partial charge on any atom is 0.119 e. The topological polar surface area (TPSA) is 41.5 Å². The summed E-state index contributed by atoms with van der Waals surface area (Å²) in [5, 5.41) is 13.6. The third-order valence-electron chi connectivity index (χ3n) is 3.32. The molecule has 0 aromatic heterocycles. The standard InChI is InChI=1S/C13H19NO2/c1-14-9-13(15)7-3-4-10-8-11(16-2)5-6-12(10)13/h5-6,8,14-15H,3-4,7,9H2,1-2H3. The van der Waals surface area contributed by atoms with Crippen LogP contribution < -0.4 is 10.1 Å². The number of aliphatic hydroxyl groups is 1. The first kappa shape index (κ1) is 11.4. The van der Waals surface area contributed by atoms with Crippen LogP contribution in [0.1, 0.15) is 24.0 Å². The van der Waals surface area contributed by atoms with Crippen LogP contribution >= 0.6 is 0 Å². The van der Waals surface area contributed by atoms with E-state index in [4.69, 9.17) is 4.74 Å². The number of hydrogen-bond acceptors (Lipinski definition) is 3. The zero-order chi connectivity index (χ0) is 11.6. The third kappa shape index (κ3) is 1.93. The Labute approximate surface area is 96.4 Å². The van der Waals surface area contributed by atoms with E-state index >= 15 is 0 Å². The summed E-state index contributed by atoms with van der Waals surface area (Å²) in [6, 6.07) is 5.95. The van der Waals surface area contributed by atoms with Gasteiger partial charge in [-0.1, -0.05) is 6.07 Å². The summed E-state index contributed by atoms with van der Waals surface area (Å²) in [6.45, 7) is 0.604. The highest BCUT2D eigenvalue weighted by Crippen LogP contribution is 2.36. The van der Waals surface area contributed by atoms with Crippen molar-refractivity contribution < 1.29 is 9.84 Å². The fourth-order valence-corrected chi connectivity index (χ4v) is 2.54. The minimum atomic E-state index is -0.714. The molecule has 1 aromatic carbocycles. The molecule has 0 bridgehead atoms. The number of benzene rings is 1. The predicted molar refractivity (Wildman–Crippen MR) is 63.8 cm³/mol. The lowest BCUT2D eigenvalue weighted by Gasteiger charge is -2.34. The van der Waals surface area contributed by atoms with Crippen molar-refractivity contribution in [2.45, 2.75) is 24.9 Å². The summed E-state index contributed by atoms with van der Waals surface area (Å²) in [4.78, 5) is 0. The Morgan fingerprint density at radius 3 is 3.00 bits per heavy atom. The van der Waals surface area contributed by atoms with Crippen molar-refractivity contribution in [3.8, 4) is 5.75 Å². The molecule has 0 fully saturated rings. The Hall–Kier alpha value is -1.06. The summed E-state index contributed by atoms with van der Waals surface area (Å²) < 4.78 is 5.21. The van der Waals surface area contributed by atoms with Gasteiger partial charge in [-0.25, -0.2) is 0 Å². The number of rotatable bonds is 3. The zero-order valence-corrected chi connectivity index (χ0v) is 9.92. The van der Waals surface area contributed by atoms with Crippen LogP contribution in [0.2, 0.25) is 0 Å². The van der Waals surface area contributed by atoms with Crippen molar-refractivity contribution in [1.82, 2.24) is 5.32 Å². The van der Waals surface area contributed by atoms with E-state index in [0.717, 1.165) is 30.6 Å². The van der Waals surface area contributed by atoms with E-state index in [0.29, 0.717) is 6.54 Å². The van der Waals surface area contributed by atoms with E-state index in [1.807, 2.05) is 25.2 Å². The predicted octanol–water partition coefficient (Wildman–Crippen LogP) is 1.44. The van der Waals surface area contributed by atoms with Crippen LogP contribution in [-0.4, -0.2) is 25.8 Å². The number of hydrogen-bond donors (Lipinski definition) is 2. The zero-order valence-electron chi connectivity index (χ0n) is 9.92. The summed E-state index contributed by atoms with van der Waals surface area (Å²) in [5.74, 6) is 0.868. The number of methoxy groups -OCH3 is 1. The highest BCUT2D eigenvalue weighted by molar-refractivity contribution is 5.40. The third-order valence-corrected chi connectivity index (χ3v) is 3.32. The SMILES string of the molecule is CNCC1(O)CCCc2cc(OC)ccc21. The number of likely N-dealkylation sites (N-methyl/N-ethyl adjacent to an activating group) is 1. The van der Waals surface area contributed by atoms with Gasteiger partial charge in [0.2, 0.25) is 0 Å². The second-order valence-electron chi connectivity index (χ2n) is 4.44. The van der Waals surface area contributed by atoms with Gasteiger partial charge in [-0.2, -0.15) is 0 Å². The lowest BCUT2D eigenvalue weighted by atomic mass is 9.79.